The molecule has 3 aromatic carbocycles. The number of hydrogen-bond acceptors (Lipinski definition) is 4. The van der Waals surface area contributed by atoms with Crippen molar-refractivity contribution in [3.8, 4) is 0 Å². The molecule has 0 heterocycles. The van der Waals surface area contributed by atoms with Crippen LogP contribution < -0.4 is 9.62 Å². The Morgan fingerprint density at radius 3 is 2.18 bits per heavy atom. The molecule has 0 saturated heterocycles. The maximum absolute atomic E-state index is 14.0. The maximum atomic E-state index is 14.0. The summed E-state index contributed by atoms with van der Waals surface area (Å²) in [5.41, 5.74) is 1.89. The van der Waals surface area contributed by atoms with Gasteiger partial charge in [-0.2, -0.15) is 0 Å². The lowest BCUT2D eigenvalue weighted by atomic mass is 10.1. The van der Waals surface area contributed by atoms with Gasteiger partial charge in [0.25, 0.3) is 10.0 Å². The van der Waals surface area contributed by atoms with Crippen LogP contribution in [0, 0.1) is 12.8 Å². The molecule has 0 aliphatic rings. The molecule has 0 aromatic heterocycles. The topological polar surface area (TPSA) is 86.8 Å². The summed E-state index contributed by atoms with van der Waals surface area (Å²) in [6.45, 7) is 7.50. The van der Waals surface area contributed by atoms with Crippen molar-refractivity contribution in [2.24, 2.45) is 5.92 Å². The van der Waals surface area contributed by atoms with Crippen LogP contribution in [0.1, 0.15) is 31.9 Å². The molecule has 7 nitrogen and oxygen atoms in total. The molecule has 0 aliphatic heterocycles. The van der Waals surface area contributed by atoms with Crippen molar-refractivity contribution in [3.63, 3.8) is 0 Å². The number of carbonyl (C=O) groups is 2. The summed E-state index contributed by atoms with van der Waals surface area (Å²) in [7, 11) is -4.21. The van der Waals surface area contributed by atoms with Gasteiger partial charge in [0.2, 0.25) is 11.8 Å². The van der Waals surface area contributed by atoms with Crippen LogP contribution in [0.3, 0.4) is 0 Å². The minimum atomic E-state index is -4.21. The number of benzene rings is 3. The third kappa shape index (κ3) is 7.75. The van der Waals surface area contributed by atoms with E-state index in [2.05, 4.69) is 5.32 Å². The van der Waals surface area contributed by atoms with Gasteiger partial charge < -0.3 is 10.2 Å². The molecule has 0 fully saturated rings. The van der Waals surface area contributed by atoms with E-state index >= 15 is 0 Å². The number of aryl methyl sites for hydroxylation is 1. The van der Waals surface area contributed by atoms with Crippen LogP contribution >= 0.6 is 23.2 Å². The number of nitrogens with one attached hydrogen (secondary N) is 1. The minimum Gasteiger partial charge on any atom is -0.354 e. The average molecular weight is 591 g/mol. The van der Waals surface area contributed by atoms with Crippen LogP contribution in [0.5, 0.6) is 0 Å². The molecule has 1 atom stereocenters. The number of anilines is 1. The first-order chi connectivity index (χ1) is 18.4. The highest BCUT2D eigenvalue weighted by Gasteiger charge is 2.33. The van der Waals surface area contributed by atoms with Gasteiger partial charge >= 0.3 is 0 Å². The number of nitrogens with zero attached hydrogens (tertiary/aromatic N) is 2. The Hall–Kier alpha value is -3.07. The molecular weight excluding hydrogens is 557 g/mol. The van der Waals surface area contributed by atoms with Crippen molar-refractivity contribution in [2.45, 2.75) is 45.2 Å². The third-order valence-electron chi connectivity index (χ3n) is 6.24. The predicted molar refractivity (Wildman–Crippen MR) is 156 cm³/mol. The molecule has 1 N–H and O–H groups in total. The van der Waals surface area contributed by atoms with Crippen molar-refractivity contribution >= 4 is 50.7 Å². The standard InChI is InChI=1S/C29H33Cl2N3O4S/c1-20(2)17-32-29(36)22(4)33(18-23-11-9-8-10-21(23)3)28(35)19-34(27-15-14-24(30)16-26(27)31)39(37,38)25-12-6-5-7-13-25/h5-16,20,22H,17-19H2,1-4H3,(H,32,36)/t22-/m1/s1. The van der Waals surface area contributed by atoms with E-state index in [1.807, 2.05) is 45.0 Å². The molecule has 0 radical (unpaired) electrons. The molecule has 0 unspecified atom stereocenters. The highest BCUT2D eigenvalue weighted by Crippen LogP contribution is 2.33. The zero-order valence-electron chi connectivity index (χ0n) is 22.4. The highest BCUT2D eigenvalue weighted by molar-refractivity contribution is 7.92. The molecule has 0 spiro atoms. The number of sulfonamides is 1. The van der Waals surface area contributed by atoms with E-state index in [-0.39, 0.29) is 34.0 Å². The number of rotatable bonds is 11. The molecule has 3 aromatic rings. The van der Waals surface area contributed by atoms with Gasteiger partial charge in [0, 0.05) is 18.1 Å². The normalized spacial score (nSPS) is 12.2. The number of carbonyl (C=O) groups excluding carboxylic acids is 2. The van der Waals surface area contributed by atoms with Crippen LogP contribution in [0.4, 0.5) is 5.69 Å². The van der Waals surface area contributed by atoms with Crippen molar-refractivity contribution in [3.05, 3.63) is 94.0 Å². The van der Waals surface area contributed by atoms with E-state index in [0.29, 0.717) is 11.6 Å². The molecule has 39 heavy (non-hydrogen) atoms. The number of hydrogen-bond donors (Lipinski definition) is 1. The van der Waals surface area contributed by atoms with Crippen LogP contribution in [-0.4, -0.2) is 44.3 Å². The van der Waals surface area contributed by atoms with Crippen molar-refractivity contribution in [1.82, 2.24) is 10.2 Å². The molecule has 2 amide bonds. The Morgan fingerprint density at radius 2 is 1.56 bits per heavy atom. The molecule has 0 saturated carbocycles. The van der Waals surface area contributed by atoms with Crippen LogP contribution in [-0.2, 0) is 26.2 Å². The van der Waals surface area contributed by atoms with E-state index in [1.54, 1.807) is 25.1 Å². The zero-order chi connectivity index (χ0) is 28.7. The summed E-state index contributed by atoms with van der Waals surface area (Å²) in [6.07, 6.45) is 0. The van der Waals surface area contributed by atoms with Gasteiger partial charge in [0.05, 0.1) is 15.6 Å². The van der Waals surface area contributed by atoms with E-state index < -0.39 is 28.5 Å². The number of halogens is 2. The predicted octanol–water partition coefficient (Wildman–Crippen LogP) is 5.69. The van der Waals surface area contributed by atoms with Crippen molar-refractivity contribution < 1.29 is 18.0 Å². The second-order valence-electron chi connectivity index (χ2n) is 9.68. The van der Waals surface area contributed by atoms with Gasteiger partial charge in [-0.15, -0.1) is 0 Å². The van der Waals surface area contributed by atoms with E-state index in [1.165, 1.54) is 35.2 Å². The van der Waals surface area contributed by atoms with E-state index in [0.717, 1.165) is 15.4 Å². The molecular formula is C29H33Cl2N3O4S. The first-order valence-corrected chi connectivity index (χ1v) is 14.8. The van der Waals surface area contributed by atoms with E-state index in [9.17, 15) is 18.0 Å². The zero-order valence-corrected chi connectivity index (χ0v) is 24.7. The van der Waals surface area contributed by atoms with Gasteiger partial charge in [0.15, 0.2) is 0 Å². The fourth-order valence-corrected chi connectivity index (χ4v) is 5.94. The van der Waals surface area contributed by atoms with Crippen LogP contribution in [0.25, 0.3) is 0 Å². The third-order valence-corrected chi connectivity index (χ3v) is 8.55. The average Bonchev–Trinajstić information content (AvgIpc) is 2.90. The summed E-state index contributed by atoms with van der Waals surface area (Å²) in [6, 6.07) is 18.9. The largest absolute Gasteiger partial charge is 0.354 e. The Labute approximate surface area is 240 Å². The molecule has 10 heteroatoms. The van der Waals surface area contributed by atoms with Gasteiger partial charge in [-0.3, -0.25) is 13.9 Å². The second-order valence-corrected chi connectivity index (χ2v) is 12.4. The summed E-state index contributed by atoms with van der Waals surface area (Å²) in [4.78, 5) is 28.4. The monoisotopic (exact) mass is 589 g/mol. The summed E-state index contributed by atoms with van der Waals surface area (Å²) >= 11 is 12.5. The van der Waals surface area contributed by atoms with E-state index in [4.69, 9.17) is 23.2 Å². The SMILES string of the molecule is Cc1ccccc1CN(C(=O)CN(c1ccc(Cl)cc1Cl)S(=O)(=O)c1ccccc1)[C@H](C)C(=O)NCC(C)C. The lowest BCUT2D eigenvalue weighted by Crippen LogP contribution is -2.51. The first kappa shape index (κ1) is 30.5. The molecule has 208 valence electrons. The summed E-state index contributed by atoms with van der Waals surface area (Å²) < 4.78 is 28.6. The second kappa shape index (κ2) is 13.3. The molecule has 0 aliphatic carbocycles. The fourth-order valence-electron chi connectivity index (χ4n) is 3.92. The molecule has 0 bridgehead atoms. The first-order valence-electron chi connectivity index (χ1n) is 12.6. The van der Waals surface area contributed by atoms with Crippen LogP contribution in [0.2, 0.25) is 10.0 Å². The fraction of sp³-hybridized carbons (Fsp3) is 0.310. The Morgan fingerprint density at radius 1 is 0.923 bits per heavy atom. The summed E-state index contributed by atoms with van der Waals surface area (Å²) in [5.74, 6) is -0.663. The Kier molecular flexibility index (Phi) is 10.4. The maximum Gasteiger partial charge on any atom is 0.264 e. The van der Waals surface area contributed by atoms with Crippen molar-refractivity contribution in [1.29, 1.82) is 0 Å². The highest BCUT2D eigenvalue weighted by atomic mass is 35.5. The van der Waals surface area contributed by atoms with Gasteiger partial charge in [0.1, 0.15) is 12.6 Å². The Balaban J connectivity index is 2.04. The van der Waals surface area contributed by atoms with Gasteiger partial charge in [-0.1, -0.05) is 79.5 Å². The van der Waals surface area contributed by atoms with Crippen molar-refractivity contribution in [2.75, 3.05) is 17.4 Å². The quantitative estimate of drug-likeness (QED) is 0.311. The lowest BCUT2D eigenvalue weighted by molar-refractivity contribution is -0.139. The molecule has 3 rings (SSSR count). The van der Waals surface area contributed by atoms with Crippen LogP contribution in [0.15, 0.2) is 77.7 Å². The lowest BCUT2D eigenvalue weighted by Gasteiger charge is -2.32. The minimum absolute atomic E-state index is 0.00278. The smallest absolute Gasteiger partial charge is 0.264 e. The Bertz CT molecular complexity index is 1420. The van der Waals surface area contributed by atoms with Gasteiger partial charge in [-0.05, 0) is 61.2 Å². The number of amides is 2. The summed E-state index contributed by atoms with van der Waals surface area (Å²) in [5, 5.41) is 3.27. The van der Waals surface area contributed by atoms with Gasteiger partial charge in [-0.25, -0.2) is 8.42 Å².